The van der Waals surface area contributed by atoms with Crippen molar-refractivity contribution in [2.24, 2.45) is 0 Å². The molecule has 0 radical (unpaired) electrons. The van der Waals surface area contributed by atoms with Crippen molar-refractivity contribution in [2.75, 3.05) is 13.6 Å². The van der Waals surface area contributed by atoms with Crippen molar-refractivity contribution in [1.29, 1.82) is 0 Å². The van der Waals surface area contributed by atoms with Gasteiger partial charge in [0, 0.05) is 12.8 Å². The van der Waals surface area contributed by atoms with Crippen LogP contribution in [0.5, 0.6) is 0 Å². The molecule has 2 heteroatoms. The van der Waals surface area contributed by atoms with Crippen LogP contribution in [0.4, 0.5) is 0 Å². The van der Waals surface area contributed by atoms with E-state index in [2.05, 4.69) is 7.05 Å². The van der Waals surface area contributed by atoms with E-state index in [1.54, 1.807) is 11.8 Å². The molecule has 2 unspecified atom stereocenters. The second-order valence-electron chi connectivity index (χ2n) is 4.03. The largest absolute Gasteiger partial charge is 0.335 e. The molecule has 1 aliphatic heterocycles. The summed E-state index contributed by atoms with van der Waals surface area (Å²) in [6.45, 7) is 2.99. The Kier molecular flexibility index (Phi) is 3.73. The van der Waals surface area contributed by atoms with Gasteiger partial charge in [-0.15, -0.1) is 0 Å². The number of piperidine rings is 1. The number of ketones is 1. The highest BCUT2D eigenvalue weighted by Crippen LogP contribution is 2.07. The number of likely N-dealkylation sites (tertiary alicyclic amines) is 1. The Balaban J connectivity index is 2.24. The third-order valence-corrected chi connectivity index (χ3v) is 2.92. The molecular formula is C10H20NO+. The molecule has 12 heavy (non-hydrogen) atoms. The van der Waals surface area contributed by atoms with Crippen molar-refractivity contribution in [3.05, 3.63) is 0 Å². The van der Waals surface area contributed by atoms with Crippen molar-refractivity contribution in [1.82, 2.24) is 0 Å². The smallest absolute Gasteiger partial charge is 0.130 e. The van der Waals surface area contributed by atoms with E-state index in [9.17, 15) is 4.79 Å². The maximum atomic E-state index is 10.8. The second-order valence-corrected chi connectivity index (χ2v) is 4.03. The zero-order valence-corrected chi connectivity index (χ0v) is 8.23. The Hall–Kier alpha value is -0.370. The van der Waals surface area contributed by atoms with Crippen LogP contribution in [0, 0.1) is 0 Å². The minimum atomic E-state index is 0.341. The molecule has 70 valence electrons. The van der Waals surface area contributed by atoms with E-state index in [1.165, 1.54) is 25.8 Å². The van der Waals surface area contributed by atoms with Crippen molar-refractivity contribution < 1.29 is 9.69 Å². The molecule has 0 aliphatic carbocycles. The normalized spacial score (nSPS) is 30.2. The highest BCUT2D eigenvalue weighted by molar-refractivity contribution is 5.75. The van der Waals surface area contributed by atoms with Crippen LogP contribution in [0.1, 0.15) is 39.0 Å². The van der Waals surface area contributed by atoms with E-state index in [4.69, 9.17) is 0 Å². The third-order valence-electron chi connectivity index (χ3n) is 2.92. The van der Waals surface area contributed by atoms with E-state index in [-0.39, 0.29) is 0 Å². The summed E-state index contributed by atoms with van der Waals surface area (Å²) in [4.78, 5) is 12.4. The molecule has 2 atom stereocenters. The minimum Gasteiger partial charge on any atom is -0.335 e. The summed E-state index contributed by atoms with van der Waals surface area (Å²) in [7, 11) is 2.25. The van der Waals surface area contributed by atoms with Gasteiger partial charge in [0.25, 0.3) is 0 Å². The molecule has 1 aliphatic rings. The summed E-state index contributed by atoms with van der Waals surface area (Å²) in [5, 5.41) is 0. The molecule has 0 spiro atoms. The van der Waals surface area contributed by atoms with E-state index in [0.29, 0.717) is 5.78 Å². The fourth-order valence-electron chi connectivity index (χ4n) is 2.01. The molecule has 0 bridgehead atoms. The summed E-state index contributed by atoms with van der Waals surface area (Å²) >= 11 is 0. The number of Topliss-reactive ketones (excluding diaryl/α,β-unsaturated/α-hetero) is 1. The van der Waals surface area contributed by atoms with Crippen LogP contribution < -0.4 is 4.90 Å². The van der Waals surface area contributed by atoms with Gasteiger partial charge in [0.15, 0.2) is 0 Å². The number of hydrogen-bond donors (Lipinski definition) is 1. The summed E-state index contributed by atoms with van der Waals surface area (Å²) < 4.78 is 0. The monoisotopic (exact) mass is 170 g/mol. The first-order valence-corrected chi connectivity index (χ1v) is 5.02. The fraction of sp³-hybridized carbons (Fsp3) is 0.900. The molecule has 0 aromatic carbocycles. The van der Waals surface area contributed by atoms with Gasteiger partial charge in [-0.05, 0) is 26.2 Å². The average Bonchev–Trinajstić information content (AvgIpc) is 2.03. The molecule has 1 N–H and O–H groups in total. The van der Waals surface area contributed by atoms with Gasteiger partial charge in [-0.1, -0.05) is 0 Å². The Bertz CT molecular complexity index is 156. The number of carbonyl (C=O) groups is 1. The maximum Gasteiger partial charge on any atom is 0.130 e. The summed E-state index contributed by atoms with van der Waals surface area (Å²) in [6, 6.07) is 0.752. The molecule has 1 heterocycles. The fourth-order valence-corrected chi connectivity index (χ4v) is 2.01. The first kappa shape index (κ1) is 9.72. The van der Waals surface area contributed by atoms with Crippen molar-refractivity contribution >= 4 is 5.78 Å². The summed E-state index contributed by atoms with van der Waals surface area (Å²) in [6.07, 6.45) is 5.92. The Morgan fingerprint density at radius 1 is 1.50 bits per heavy atom. The van der Waals surface area contributed by atoms with Crippen molar-refractivity contribution in [3.63, 3.8) is 0 Å². The lowest BCUT2D eigenvalue weighted by molar-refractivity contribution is -0.911. The minimum absolute atomic E-state index is 0.341. The topological polar surface area (TPSA) is 21.5 Å². The van der Waals surface area contributed by atoms with Crippen molar-refractivity contribution in [3.8, 4) is 0 Å². The Morgan fingerprint density at radius 3 is 2.83 bits per heavy atom. The highest BCUT2D eigenvalue weighted by Gasteiger charge is 2.22. The van der Waals surface area contributed by atoms with E-state index in [0.717, 1.165) is 18.9 Å². The molecule has 0 aromatic rings. The van der Waals surface area contributed by atoms with Gasteiger partial charge in [0.05, 0.1) is 19.6 Å². The number of hydrogen-bond acceptors (Lipinski definition) is 1. The molecule has 2 nitrogen and oxygen atoms in total. The van der Waals surface area contributed by atoms with Crippen molar-refractivity contribution in [2.45, 2.75) is 45.1 Å². The van der Waals surface area contributed by atoms with Crippen LogP contribution in [0.2, 0.25) is 0 Å². The Morgan fingerprint density at radius 2 is 2.25 bits per heavy atom. The number of rotatable bonds is 3. The van der Waals surface area contributed by atoms with Crippen LogP contribution in [0.3, 0.4) is 0 Å². The first-order valence-electron chi connectivity index (χ1n) is 5.02. The summed E-state index contributed by atoms with van der Waals surface area (Å²) in [5.41, 5.74) is 0. The summed E-state index contributed by atoms with van der Waals surface area (Å²) in [5.74, 6) is 0.341. The molecule has 0 saturated carbocycles. The van der Waals surface area contributed by atoms with E-state index in [1.807, 2.05) is 0 Å². The van der Waals surface area contributed by atoms with Crippen LogP contribution >= 0.6 is 0 Å². The van der Waals surface area contributed by atoms with Gasteiger partial charge < -0.3 is 9.69 Å². The molecule has 0 amide bonds. The van der Waals surface area contributed by atoms with Gasteiger partial charge in [-0.3, -0.25) is 0 Å². The average molecular weight is 170 g/mol. The number of quaternary nitrogens is 1. The maximum absolute atomic E-state index is 10.8. The predicted molar refractivity (Wildman–Crippen MR) is 49.3 cm³/mol. The molecule has 1 fully saturated rings. The Labute approximate surface area is 74.9 Å². The first-order chi connectivity index (χ1) is 5.70. The van der Waals surface area contributed by atoms with Crippen LogP contribution in [0.25, 0.3) is 0 Å². The van der Waals surface area contributed by atoms with Gasteiger partial charge in [-0.25, -0.2) is 0 Å². The molecule has 1 saturated heterocycles. The highest BCUT2D eigenvalue weighted by atomic mass is 16.1. The second kappa shape index (κ2) is 4.61. The lowest BCUT2D eigenvalue weighted by Gasteiger charge is -2.29. The lowest BCUT2D eigenvalue weighted by atomic mass is 9.98. The quantitative estimate of drug-likeness (QED) is 0.651. The third kappa shape index (κ3) is 2.94. The van der Waals surface area contributed by atoms with E-state index < -0.39 is 0 Å². The molecule has 1 rings (SSSR count). The lowest BCUT2D eigenvalue weighted by Crippen LogP contribution is -3.13. The van der Waals surface area contributed by atoms with Gasteiger partial charge in [0.2, 0.25) is 0 Å². The van der Waals surface area contributed by atoms with Gasteiger partial charge in [0.1, 0.15) is 5.78 Å². The number of nitrogens with one attached hydrogen (secondary N) is 1. The zero-order chi connectivity index (χ0) is 8.97. The molecular weight excluding hydrogens is 150 g/mol. The molecule has 0 aromatic heterocycles. The van der Waals surface area contributed by atoms with E-state index >= 15 is 0 Å². The zero-order valence-electron chi connectivity index (χ0n) is 8.23. The van der Waals surface area contributed by atoms with Crippen LogP contribution in [-0.4, -0.2) is 25.4 Å². The SMILES string of the molecule is CC(=O)CCC1CCCC[NH+]1C. The standard InChI is InChI=1S/C10H19NO/c1-9(12)6-7-10-5-3-4-8-11(10)2/h10H,3-8H2,1-2H3/p+1. The van der Waals surface area contributed by atoms with Crippen LogP contribution in [0.15, 0.2) is 0 Å². The number of carbonyl (C=O) groups excluding carboxylic acids is 1. The van der Waals surface area contributed by atoms with Gasteiger partial charge >= 0.3 is 0 Å². The van der Waals surface area contributed by atoms with Crippen LogP contribution in [-0.2, 0) is 4.79 Å². The van der Waals surface area contributed by atoms with Gasteiger partial charge in [-0.2, -0.15) is 0 Å². The predicted octanol–water partition coefficient (Wildman–Crippen LogP) is 0.423.